The van der Waals surface area contributed by atoms with Crippen LogP contribution in [0, 0.1) is 6.92 Å². The molecule has 1 spiro atoms. The highest BCUT2D eigenvalue weighted by Crippen LogP contribution is 2.55. The summed E-state index contributed by atoms with van der Waals surface area (Å²) in [6, 6.07) is 34.1. The van der Waals surface area contributed by atoms with E-state index in [-0.39, 0.29) is 5.78 Å². The van der Waals surface area contributed by atoms with Gasteiger partial charge in [0.1, 0.15) is 0 Å². The molecule has 7 heteroatoms. The van der Waals surface area contributed by atoms with Crippen molar-refractivity contribution in [3.8, 4) is 0 Å². The number of para-hydroxylation sites is 1. The SMILES string of the molecule is CC(=O)C1=NN(c2cccc(Cl)c2C)[C@@]2(S1)c1ccccc1C(c1ccccc1)=NN2c1ccccc1. The van der Waals surface area contributed by atoms with E-state index in [9.17, 15) is 4.79 Å². The molecule has 6 rings (SSSR count). The van der Waals surface area contributed by atoms with Crippen molar-refractivity contribution in [2.24, 2.45) is 10.2 Å². The molecule has 0 N–H and O–H groups in total. The Hall–Kier alpha value is -3.87. The molecule has 0 saturated heterocycles. The summed E-state index contributed by atoms with van der Waals surface area (Å²) in [5, 5.41) is 15.1. The van der Waals surface area contributed by atoms with Gasteiger partial charge in [-0.3, -0.25) is 4.79 Å². The largest absolute Gasteiger partial charge is 0.292 e. The van der Waals surface area contributed by atoms with Gasteiger partial charge in [0.05, 0.1) is 17.1 Å². The van der Waals surface area contributed by atoms with Gasteiger partial charge < -0.3 is 0 Å². The molecule has 4 aromatic carbocycles. The number of benzene rings is 4. The summed E-state index contributed by atoms with van der Waals surface area (Å²) < 4.78 is 0. The summed E-state index contributed by atoms with van der Waals surface area (Å²) in [5.41, 5.74) is 6.39. The van der Waals surface area contributed by atoms with E-state index >= 15 is 0 Å². The first-order valence-corrected chi connectivity index (χ1v) is 13.1. The lowest BCUT2D eigenvalue weighted by Gasteiger charge is -2.47. The normalized spacial score (nSPS) is 18.5. The third-order valence-corrected chi connectivity index (χ3v) is 8.38. The molecule has 182 valence electrons. The highest BCUT2D eigenvalue weighted by atomic mass is 35.5. The quantitative estimate of drug-likeness (QED) is 0.284. The zero-order valence-corrected chi connectivity index (χ0v) is 21.9. The predicted octanol–water partition coefficient (Wildman–Crippen LogP) is 7.19. The van der Waals surface area contributed by atoms with Crippen LogP contribution < -0.4 is 10.0 Å². The van der Waals surface area contributed by atoms with E-state index in [2.05, 4.69) is 24.3 Å². The van der Waals surface area contributed by atoms with Gasteiger partial charge in [0, 0.05) is 28.6 Å². The number of fused-ring (bicyclic) bond motifs is 2. The smallest absolute Gasteiger partial charge is 0.234 e. The number of thioether (sulfide) groups is 1. The van der Waals surface area contributed by atoms with Crippen molar-refractivity contribution >= 4 is 51.3 Å². The van der Waals surface area contributed by atoms with Gasteiger partial charge in [-0.15, -0.1) is 0 Å². The average molecular weight is 523 g/mol. The zero-order chi connectivity index (χ0) is 25.6. The minimum absolute atomic E-state index is 0.102. The van der Waals surface area contributed by atoms with Gasteiger partial charge in [0.2, 0.25) is 4.99 Å². The Bertz CT molecular complexity index is 1570. The van der Waals surface area contributed by atoms with Gasteiger partial charge in [0.15, 0.2) is 10.8 Å². The van der Waals surface area contributed by atoms with Crippen LogP contribution in [0.25, 0.3) is 0 Å². The lowest BCUT2D eigenvalue weighted by atomic mass is 9.93. The number of halogens is 1. The number of carbonyl (C=O) groups is 1. The van der Waals surface area contributed by atoms with Crippen LogP contribution in [0.3, 0.4) is 0 Å². The van der Waals surface area contributed by atoms with E-state index < -0.39 is 4.99 Å². The highest BCUT2D eigenvalue weighted by Gasteiger charge is 2.56. The first-order chi connectivity index (χ1) is 18.0. The van der Waals surface area contributed by atoms with Gasteiger partial charge >= 0.3 is 0 Å². The summed E-state index contributed by atoms with van der Waals surface area (Å²) >= 11 is 7.99. The molecule has 0 unspecified atom stereocenters. The number of hydrogen-bond acceptors (Lipinski definition) is 6. The van der Waals surface area contributed by atoms with Crippen molar-refractivity contribution in [1.82, 2.24) is 0 Å². The Balaban J connectivity index is 1.69. The Kier molecular flexibility index (Phi) is 5.86. The number of ketones is 1. The number of carbonyl (C=O) groups excluding carboxylic acids is 1. The maximum absolute atomic E-state index is 12.8. The van der Waals surface area contributed by atoms with Crippen molar-refractivity contribution in [3.63, 3.8) is 0 Å². The second kappa shape index (κ2) is 9.21. The van der Waals surface area contributed by atoms with E-state index in [1.54, 1.807) is 6.92 Å². The topological polar surface area (TPSA) is 48.3 Å². The van der Waals surface area contributed by atoms with Crippen LogP contribution in [0.4, 0.5) is 11.4 Å². The Labute approximate surface area is 225 Å². The van der Waals surface area contributed by atoms with E-state index in [1.807, 2.05) is 95.8 Å². The monoisotopic (exact) mass is 522 g/mol. The van der Waals surface area contributed by atoms with Crippen LogP contribution in [0.5, 0.6) is 0 Å². The molecule has 5 nitrogen and oxygen atoms in total. The van der Waals surface area contributed by atoms with Crippen LogP contribution in [-0.4, -0.2) is 16.5 Å². The standard InChI is InChI=1S/C30H23ClN4OS/c1-20-26(31)18-11-19-27(20)35-30(37-29(33-35)21(2)36)25-17-10-9-16-24(25)28(22-12-5-3-6-13-22)32-34(30)23-14-7-4-8-15-23/h3-19H,1-2H3/t30-/m1/s1. The zero-order valence-electron chi connectivity index (χ0n) is 20.3. The van der Waals surface area contributed by atoms with Crippen molar-refractivity contribution in [1.29, 1.82) is 0 Å². The van der Waals surface area contributed by atoms with Gasteiger partial charge in [-0.2, -0.15) is 10.2 Å². The van der Waals surface area contributed by atoms with Gasteiger partial charge in [0.25, 0.3) is 0 Å². The summed E-state index contributed by atoms with van der Waals surface area (Å²) in [6.45, 7) is 3.52. The van der Waals surface area contributed by atoms with E-state index in [0.717, 1.165) is 39.3 Å². The molecule has 2 heterocycles. The van der Waals surface area contributed by atoms with Crippen LogP contribution in [0.1, 0.15) is 29.2 Å². The first kappa shape index (κ1) is 23.5. The third kappa shape index (κ3) is 3.76. The fraction of sp³-hybridized carbons (Fsp3) is 0.100. The molecule has 4 aromatic rings. The minimum Gasteiger partial charge on any atom is -0.292 e. The molecule has 37 heavy (non-hydrogen) atoms. The summed E-state index contributed by atoms with van der Waals surface area (Å²) in [4.78, 5) is 11.8. The Morgan fingerprint density at radius 2 is 1.49 bits per heavy atom. The summed E-state index contributed by atoms with van der Waals surface area (Å²) in [7, 11) is 0. The van der Waals surface area contributed by atoms with Gasteiger partial charge in [-0.1, -0.05) is 90.5 Å². The van der Waals surface area contributed by atoms with E-state index in [0.29, 0.717) is 10.1 Å². The van der Waals surface area contributed by atoms with Crippen molar-refractivity contribution in [2.45, 2.75) is 18.8 Å². The number of anilines is 2. The molecule has 0 saturated carbocycles. The van der Waals surface area contributed by atoms with Crippen LogP contribution in [-0.2, 0) is 9.79 Å². The lowest BCUT2D eigenvalue weighted by molar-refractivity contribution is -0.110. The second-order valence-corrected chi connectivity index (χ2v) is 10.4. The molecular formula is C30H23ClN4OS. The van der Waals surface area contributed by atoms with E-state index in [4.69, 9.17) is 21.8 Å². The Morgan fingerprint density at radius 3 is 2.22 bits per heavy atom. The summed E-state index contributed by atoms with van der Waals surface area (Å²) in [6.07, 6.45) is 0. The molecule has 1 atom stereocenters. The van der Waals surface area contributed by atoms with Gasteiger partial charge in [-0.05, 0) is 48.5 Å². The maximum atomic E-state index is 12.8. The molecule has 0 bridgehead atoms. The highest BCUT2D eigenvalue weighted by molar-refractivity contribution is 8.17. The molecule has 2 aliphatic rings. The molecule has 0 fully saturated rings. The molecule has 0 radical (unpaired) electrons. The number of rotatable bonds is 4. The molecular weight excluding hydrogens is 500 g/mol. The molecule has 0 aliphatic carbocycles. The third-order valence-electron chi connectivity index (χ3n) is 6.55. The number of hydrogen-bond donors (Lipinski definition) is 0. The number of nitrogens with zero attached hydrogens (tertiary/aromatic N) is 4. The number of Topliss-reactive ketones (excluding diaryl/α,β-unsaturated/α-hetero) is 1. The van der Waals surface area contributed by atoms with Crippen LogP contribution >= 0.6 is 23.4 Å². The van der Waals surface area contributed by atoms with Crippen molar-refractivity contribution in [2.75, 3.05) is 10.0 Å². The molecule has 0 aromatic heterocycles. The van der Waals surface area contributed by atoms with Crippen molar-refractivity contribution < 1.29 is 4.79 Å². The Morgan fingerprint density at radius 1 is 0.811 bits per heavy atom. The second-order valence-electron chi connectivity index (χ2n) is 8.87. The maximum Gasteiger partial charge on any atom is 0.234 e. The van der Waals surface area contributed by atoms with Crippen molar-refractivity contribution in [3.05, 3.63) is 130 Å². The fourth-order valence-electron chi connectivity index (χ4n) is 4.76. The average Bonchev–Trinajstić information content (AvgIpc) is 3.33. The van der Waals surface area contributed by atoms with Crippen LogP contribution in [0.15, 0.2) is 113 Å². The molecule has 2 aliphatic heterocycles. The fourth-order valence-corrected chi connectivity index (χ4v) is 6.22. The van der Waals surface area contributed by atoms with E-state index in [1.165, 1.54) is 11.8 Å². The molecule has 0 amide bonds. The summed E-state index contributed by atoms with van der Waals surface area (Å²) in [5.74, 6) is -0.102. The minimum atomic E-state index is -0.993. The van der Waals surface area contributed by atoms with Crippen LogP contribution in [0.2, 0.25) is 5.02 Å². The lowest BCUT2D eigenvalue weighted by Crippen LogP contribution is -2.54. The number of hydrazone groups is 2. The van der Waals surface area contributed by atoms with Gasteiger partial charge in [-0.25, -0.2) is 10.0 Å². The predicted molar refractivity (Wildman–Crippen MR) is 153 cm³/mol. The first-order valence-electron chi connectivity index (χ1n) is 11.9.